The smallest absolute Gasteiger partial charge is 0.245 e. The highest BCUT2D eigenvalue weighted by molar-refractivity contribution is 9.10. The van der Waals surface area contributed by atoms with Crippen LogP contribution in [0.3, 0.4) is 0 Å². The number of nitrogens with two attached hydrogens (primary N) is 1. The Labute approximate surface area is 116 Å². The molecule has 0 aliphatic heterocycles. The van der Waals surface area contributed by atoms with Gasteiger partial charge in [-0.15, -0.1) is 0 Å². The molecule has 0 saturated heterocycles. The maximum Gasteiger partial charge on any atom is 0.245 e. The summed E-state index contributed by atoms with van der Waals surface area (Å²) in [6.45, 7) is 1.95. The van der Waals surface area contributed by atoms with Crippen LogP contribution < -0.4 is 5.73 Å². The Morgan fingerprint density at radius 2 is 2.06 bits per heavy atom. The largest absolute Gasteiger partial charge is 0.398 e. The van der Waals surface area contributed by atoms with Crippen molar-refractivity contribution in [1.29, 1.82) is 0 Å². The Kier molecular flexibility index (Phi) is 3.71. The third-order valence-electron chi connectivity index (χ3n) is 3.51. The molecule has 1 unspecified atom stereocenters. The molecule has 0 heterocycles. The van der Waals surface area contributed by atoms with E-state index in [1.165, 1.54) is 4.31 Å². The SMILES string of the molecule is CC(C1CC1)N(C)S(=O)(=O)c1ccc(Br)cc1N. The molecule has 0 aromatic heterocycles. The molecule has 6 heteroatoms. The number of rotatable bonds is 4. The van der Waals surface area contributed by atoms with Gasteiger partial charge in [0.05, 0.1) is 5.69 Å². The first-order valence-electron chi connectivity index (χ1n) is 5.87. The van der Waals surface area contributed by atoms with Crippen molar-refractivity contribution in [3.63, 3.8) is 0 Å². The average Bonchev–Trinajstić information content (AvgIpc) is 3.10. The van der Waals surface area contributed by atoms with Gasteiger partial charge in [0.25, 0.3) is 0 Å². The van der Waals surface area contributed by atoms with E-state index in [0.29, 0.717) is 5.92 Å². The van der Waals surface area contributed by atoms with Crippen LogP contribution in [0.1, 0.15) is 19.8 Å². The molecule has 1 fully saturated rings. The Morgan fingerprint density at radius 3 is 2.56 bits per heavy atom. The quantitative estimate of drug-likeness (QED) is 0.861. The van der Waals surface area contributed by atoms with Gasteiger partial charge in [-0.3, -0.25) is 0 Å². The predicted octanol–water partition coefficient (Wildman–Crippen LogP) is 2.45. The zero-order valence-corrected chi connectivity index (χ0v) is 12.8. The van der Waals surface area contributed by atoms with E-state index in [1.54, 1.807) is 25.2 Å². The maximum atomic E-state index is 12.5. The second kappa shape index (κ2) is 4.83. The van der Waals surface area contributed by atoms with Gasteiger partial charge in [-0.2, -0.15) is 4.31 Å². The summed E-state index contributed by atoms with van der Waals surface area (Å²) in [5, 5.41) is 0. The molecule has 0 bridgehead atoms. The van der Waals surface area contributed by atoms with Gasteiger partial charge in [-0.05, 0) is 43.9 Å². The molecule has 1 saturated carbocycles. The minimum absolute atomic E-state index is 0.0260. The van der Waals surface area contributed by atoms with Gasteiger partial charge in [-0.1, -0.05) is 15.9 Å². The molecule has 0 amide bonds. The number of sulfonamides is 1. The summed E-state index contributed by atoms with van der Waals surface area (Å²) in [5.41, 5.74) is 6.08. The van der Waals surface area contributed by atoms with Gasteiger partial charge < -0.3 is 5.73 Å². The lowest BCUT2D eigenvalue weighted by atomic mass is 10.2. The molecule has 2 N–H and O–H groups in total. The van der Waals surface area contributed by atoms with E-state index >= 15 is 0 Å². The highest BCUT2D eigenvalue weighted by Gasteiger charge is 2.36. The van der Waals surface area contributed by atoms with E-state index in [-0.39, 0.29) is 16.6 Å². The van der Waals surface area contributed by atoms with Crippen molar-refractivity contribution in [2.75, 3.05) is 12.8 Å². The minimum Gasteiger partial charge on any atom is -0.398 e. The predicted molar refractivity (Wildman–Crippen MR) is 75.7 cm³/mol. The van der Waals surface area contributed by atoms with Crippen molar-refractivity contribution in [2.24, 2.45) is 5.92 Å². The molecule has 1 aromatic carbocycles. The maximum absolute atomic E-state index is 12.5. The molecule has 1 atom stereocenters. The summed E-state index contributed by atoms with van der Waals surface area (Å²) in [6, 6.07) is 4.88. The molecular weight excluding hydrogens is 316 g/mol. The lowest BCUT2D eigenvalue weighted by Crippen LogP contribution is -2.36. The van der Waals surface area contributed by atoms with Crippen LogP contribution in [0.5, 0.6) is 0 Å². The summed E-state index contributed by atoms with van der Waals surface area (Å²) in [7, 11) is -1.88. The van der Waals surface area contributed by atoms with E-state index in [2.05, 4.69) is 15.9 Å². The normalized spacial score (nSPS) is 18.0. The average molecular weight is 333 g/mol. The number of halogens is 1. The van der Waals surface area contributed by atoms with Crippen molar-refractivity contribution in [3.05, 3.63) is 22.7 Å². The fraction of sp³-hybridized carbons (Fsp3) is 0.500. The van der Waals surface area contributed by atoms with Crippen LogP contribution in [-0.2, 0) is 10.0 Å². The van der Waals surface area contributed by atoms with Crippen LogP contribution in [0.2, 0.25) is 0 Å². The fourth-order valence-corrected chi connectivity index (χ4v) is 3.90. The fourth-order valence-electron chi connectivity index (χ4n) is 2.00. The molecular formula is C12H17BrN2O2S. The van der Waals surface area contributed by atoms with Crippen LogP contribution in [0, 0.1) is 5.92 Å². The number of benzene rings is 1. The van der Waals surface area contributed by atoms with Crippen LogP contribution in [0.25, 0.3) is 0 Å². The van der Waals surface area contributed by atoms with E-state index in [1.807, 2.05) is 6.92 Å². The molecule has 0 radical (unpaired) electrons. The lowest BCUT2D eigenvalue weighted by molar-refractivity contribution is 0.357. The molecule has 0 spiro atoms. The van der Waals surface area contributed by atoms with Gasteiger partial charge in [0.2, 0.25) is 10.0 Å². The number of anilines is 1. The number of nitrogen functional groups attached to an aromatic ring is 1. The standard InChI is InChI=1S/C12H17BrN2O2S/c1-8(9-3-4-9)15(2)18(16,17)12-6-5-10(13)7-11(12)14/h5-9H,3-4,14H2,1-2H3. The zero-order valence-electron chi connectivity index (χ0n) is 10.4. The number of hydrogen-bond donors (Lipinski definition) is 1. The van der Waals surface area contributed by atoms with Crippen LogP contribution in [-0.4, -0.2) is 25.8 Å². The van der Waals surface area contributed by atoms with Gasteiger partial charge in [0.15, 0.2) is 0 Å². The summed E-state index contributed by atoms with van der Waals surface area (Å²) in [4.78, 5) is 0.181. The molecule has 100 valence electrons. The topological polar surface area (TPSA) is 63.4 Å². The molecule has 1 aliphatic carbocycles. The van der Waals surface area contributed by atoms with Crippen molar-refractivity contribution < 1.29 is 8.42 Å². The van der Waals surface area contributed by atoms with Crippen molar-refractivity contribution in [1.82, 2.24) is 4.31 Å². The third-order valence-corrected chi connectivity index (χ3v) is 6.02. The molecule has 1 aromatic rings. The third kappa shape index (κ3) is 2.55. The molecule has 1 aliphatic rings. The Balaban J connectivity index is 2.34. The van der Waals surface area contributed by atoms with Crippen LogP contribution in [0.4, 0.5) is 5.69 Å². The van der Waals surface area contributed by atoms with E-state index in [9.17, 15) is 8.42 Å². The van der Waals surface area contributed by atoms with Crippen molar-refractivity contribution in [3.8, 4) is 0 Å². The highest BCUT2D eigenvalue weighted by atomic mass is 79.9. The summed E-state index contributed by atoms with van der Waals surface area (Å²) < 4.78 is 27.1. The number of hydrogen-bond acceptors (Lipinski definition) is 3. The molecule has 18 heavy (non-hydrogen) atoms. The van der Waals surface area contributed by atoms with Gasteiger partial charge in [0, 0.05) is 17.6 Å². The summed E-state index contributed by atoms with van der Waals surface area (Å²) in [6.07, 6.45) is 2.22. The van der Waals surface area contributed by atoms with Gasteiger partial charge in [0.1, 0.15) is 4.90 Å². The van der Waals surface area contributed by atoms with Crippen LogP contribution >= 0.6 is 15.9 Å². The lowest BCUT2D eigenvalue weighted by Gasteiger charge is -2.24. The first kappa shape index (κ1) is 13.8. The highest BCUT2D eigenvalue weighted by Crippen LogP contribution is 2.37. The Morgan fingerprint density at radius 1 is 1.44 bits per heavy atom. The first-order valence-corrected chi connectivity index (χ1v) is 8.10. The van der Waals surface area contributed by atoms with Crippen molar-refractivity contribution >= 4 is 31.6 Å². The summed E-state index contributed by atoms with van der Waals surface area (Å²) in [5.74, 6) is 0.487. The summed E-state index contributed by atoms with van der Waals surface area (Å²) >= 11 is 3.27. The van der Waals surface area contributed by atoms with Gasteiger partial charge >= 0.3 is 0 Å². The van der Waals surface area contributed by atoms with Crippen molar-refractivity contribution in [2.45, 2.75) is 30.7 Å². The second-order valence-corrected chi connectivity index (χ2v) is 7.66. The Bertz CT molecular complexity index is 555. The number of nitrogens with zero attached hydrogens (tertiary/aromatic N) is 1. The second-order valence-electron chi connectivity index (χ2n) is 4.78. The van der Waals surface area contributed by atoms with E-state index in [0.717, 1.165) is 17.3 Å². The van der Waals surface area contributed by atoms with Gasteiger partial charge in [-0.25, -0.2) is 8.42 Å². The van der Waals surface area contributed by atoms with Crippen LogP contribution in [0.15, 0.2) is 27.6 Å². The van der Waals surface area contributed by atoms with E-state index < -0.39 is 10.0 Å². The first-order chi connectivity index (χ1) is 8.34. The molecule has 4 nitrogen and oxygen atoms in total. The van der Waals surface area contributed by atoms with E-state index in [4.69, 9.17) is 5.73 Å². The monoisotopic (exact) mass is 332 g/mol. The minimum atomic E-state index is -3.50. The zero-order chi connectivity index (χ0) is 13.5. The molecule has 2 rings (SSSR count). The Hall–Kier alpha value is -0.590.